The third-order valence-electron chi connectivity index (χ3n) is 4.00. The Bertz CT molecular complexity index is 417. The van der Waals surface area contributed by atoms with Gasteiger partial charge in [-0.3, -0.25) is 0 Å². The van der Waals surface area contributed by atoms with Crippen LogP contribution < -0.4 is 10.2 Å². The normalized spacial score (nSPS) is 16.6. The lowest BCUT2D eigenvalue weighted by Crippen LogP contribution is -2.36. The number of hydrogen-bond acceptors (Lipinski definition) is 3. The molecule has 0 aliphatic carbocycles. The van der Waals surface area contributed by atoms with E-state index < -0.39 is 0 Å². The van der Waals surface area contributed by atoms with E-state index in [-0.39, 0.29) is 12.4 Å². The zero-order chi connectivity index (χ0) is 14.4. The quantitative estimate of drug-likeness (QED) is 0.786. The highest BCUT2D eigenvalue weighted by Crippen LogP contribution is 2.29. The molecule has 2 rings (SSSR count). The molecule has 0 aromatic heterocycles. The van der Waals surface area contributed by atoms with Crippen LogP contribution in [0.3, 0.4) is 0 Å². The van der Waals surface area contributed by atoms with E-state index in [0.717, 1.165) is 50.1 Å². The molecule has 0 unspecified atom stereocenters. The largest absolute Gasteiger partial charge is 0.396 e. The summed E-state index contributed by atoms with van der Waals surface area (Å²) >= 11 is 0. The number of rotatable bonds is 6. The van der Waals surface area contributed by atoms with Crippen LogP contribution in [0.4, 0.5) is 10.1 Å². The molecule has 3 nitrogen and oxygen atoms in total. The number of nitrogens with zero attached hydrogens (tertiary/aromatic N) is 1. The van der Waals surface area contributed by atoms with Gasteiger partial charge in [0.2, 0.25) is 0 Å². The van der Waals surface area contributed by atoms with Gasteiger partial charge in [-0.05, 0) is 43.4 Å². The maximum atomic E-state index is 14.2. The molecule has 112 valence electrons. The molecular weight excluding hydrogens is 255 g/mol. The topological polar surface area (TPSA) is 35.5 Å². The Hall–Kier alpha value is -1.13. The van der Waals surface area contributed by atoms with Gasteiger partial charge in [-0.15, -0.1) is 0 Å². The van der Waals surface area contributed by atoms with Crippen LogP contribution in [0.5, 0.6) is 0 Å². The predicted molar refractivity (Wildman–Crippen MR) is 80.4 cm³/mol. The van der Waals surface area contributed by atoms with Gasteiger partial charge in [-0.2, -0.15) is 0 Å². The SMILES string of the molecule is CCCNCc1cccc(F)c1N1CCC(CO)CC1. The molecule has 1 heterocycles. The number of hydrogen-bond donors (Lipinski definition) is 2. The zero-order valence-corrected chi connectivity index (χ0v) is 12.2. The van der Waals surface area contributed by atoms with Crippen molar-refractivity contribution in [2.45, 2.75) is 32.7 Å². The van der Waals surface area contributed by atoms with Crippen LogP contribution in [0.25, 0.3) is 0 Å². The fourth-order valence-corrected chi connectivity index (χ4v) is 2.80. The first-order valence-corrected chi connectivity index (χ1v) is 7.60. The number of nitrogens with one attached hydrogen (secondary N) is 1. The predicted octanol–water partition coefficient (Wildman–Crippen LogP) is 2.53. The van der Waals surface area contributed by atoms with Gasteiger partial charge in [-0.1, -0.05) is 19.1 Å². The fraction of sp³-hybridized carbons (Fsp3) is 0.625. The summed E-state index contributed by atoms with van der Waals surface area (Å²) in [6.45, 7) is 5.68. The minimum absolute atomic E-state index is 0.136. The molecule has 1 aliphatic heterocycles. The summed E-state index contributed by atoms with van der Waals surface area (Å²) in [7, 11) is 0. The van der Waals surface area contributed by atoms with Crippen molar-refractivity contribution in [2.24, 2.45) is 5.92 Å². The Balaban J connectivity index is 2.09. The van der Waals surface area contributed by atoms with Crippen molar-refractivity contribution < 1.29 is 9.50 Å². The Morgan fingerprint density at radius 1 is 1.35 bits per heavy atom. The van der Waals surface area contributed by atoms with Crippen LogP contribution in [0.1, 0.15) is 31.7 Å². The molecule has 0 spiro atoms. The van der Waals surface area contributed by atoms with Crippen molar-refractivity contribution in [3.63, 3.8) is 0 Å². The highest BCUT2D eigenvalue weighted by atomic mass is 19.1. The second-order valence-corrected chi connectivity index (χ2v) is 5.54. The number of anilines is 1. The third-order valence-corrected chi connectivity index (χ3v) is 4.00. The summed E-state index contributed by atoms with van der Waals surface area (Å²) in [5.74, 6) is 0.239. The van der Waals surface area contributed by atoms with Gasteiger partial charge in [0.15, 0.2) is 0 Å². The minimum Gasteiger partial charge on any atom is -0.396 e. The molecule has 1 saturated heterocycles. The maximum Gasteiger partial charge on any atom is 0.146 e. The molecule has 0 radical (unpaired) electrons. The second kappa shape index (κ2) is 7.60. The van der Waals surface area contributed by atoms with E-state index >= 15 is 0 Å². The van der Waals surface area contributed by atoms with E-state index in [9.17, 15) is 9.50 Å². The molecule has 1 aromatic rings. The maximum absolute atomic E-state index is 14.2. The summed E-state index contributed by atoms with van der Waals surface area (Å²) in [5, 5.41) is 12.5. The Morgan fingerprint density at radius 2 is 2.10 bits per heavy atom. The summed E-state index contributed by atoms with van der Waals surface area (Å²) in [5.41, 5.74) is 1.77. The summed E-state index contributed by atoms with van der Waals surface area (Å²) in [6, 6.07) is 5.32. The second-order valence-electron chi connectivity index (χ2n) is 5.54. The van der Waals surface area contributed by atoms with Gasteiger partial charge < -0.3 is 15.3 Å². The van der Waals surface area contributed by atoms with E-state index in [1.165, 1.54) is 6.07 Å². The van der Waals surface area contributed by atoms with Crippen LogP contribution in [-0.2, 0) is 6.54 Å². The zero-order valence-electron chi connectivity index (χ0n) is 12.2. The first kappa shape index (κ1) is 15.3. The van der Waals surface area contributed by atoms with Crippen LogP contribution in [-0.4, -0.2) is 31.3 Å². The van der Waals surface area contributed by atoms with E-state index in [1.807, 2.05) is 6.07 Å². The number of aliphatic hydroxyl groups is 1. The molecular formula is C16H25FN2O. The van der Waals surface area contributed by atoms with Crippen LogP contribution >= 0.6 is 0 Å². The molecule has 0 amide bonds. The van der Waals surface area contributed by atoms with Crippen molar-refractivity contribution in [1.82, 2.24) is 5.32 Å². The standard InChI is InChI=1S/C16H25FN2O/c1-2-8-18-11-14-4-3-5-15(17)16(14)19-9-6-13(12-20)7-10-19/h3-5,13,18,20H,2,6-12H2,1H3. The van der Waals surface area contributed by atoms with Crippen LogP contribution in [0, 0.1) is 11.7 Å². The molecule has 0 bridgehead atoms. The molecule has 0 atom stereocenters. The molecule has 4 heteroatoms. The van der Waals surface area contributed by atoms with Crippen molar-refractivity contribution in [3.05, 3.63) is 29.6 Å². The molecule has 0 saturated carbocycles. The van der Waals surface area contributed by atoms with Crippen LogP contribution in [0.2, 0.25) is 0 Å². The number of piperidine rings is 1. The number of aliphatic hydroxyl groups excluding tert-OH is 1. The van der Waals surface area contributed by atoms with E-state index in [0.29, 0.717) is 12.5 Å². The minimum atomic E-state index is -0.136. The average Bonchev–Trinajstić information content (AvgIpc) is 2.48. The van der Waals surface area contributed by atoms with Crippen molar-refractivity contribution in [2.75, 3.05) is 31.1 Å². The van der Waals surface area contributed by atoms with E-state index in [1.54, 1.807) is 6.07 Å². The number of benzene rings is 1. The molecule has 2 N–H and O–H groups in total. The van der Waals surface area contributed by atoms with Gasteiger partial charge in [0.1, 0.15) is 5.82 Å². The molecule has 1 fully saturated rings. The summed E-state index contributed by atoms with van der Waals surface area (Å²) in [4.78, 5) is 2.13. The lowest BCUT2D eigenvalue weighted by atomic mass is 9.96. The summed E-state index contributed by atoms with van der Waals surface area (Å²) in [6.07, 6.45) is 2.95. The van der Waals surface area contributed by atoms with Crippen molar-refractivity contribution in [3.8, 4) is 0 Å². The van der Waals surface area contributed by atoms with Gasteiger partial charge in [0.25, 0.3) is 0 Å². The number of halogens is 1. The summed E-state index contributed by atoms with van der Waals surface area (Å²) < 4.78 is 14.2. The molecule has 20 heavy (non-hydrogen) atoms. The van der Waals surface area contributed by atoms with Gasteiger partial charge >= 0.3 is 0 Å². The van der Waals surface area contributed by atoms with E-state index in [2.05, 4.69) is 17.1 Å². The first-order chi connectivity index (χ1) is 9.76. The molecule has 1 aliphatic rings. The van der Waals surface area contributed by atoms with Gasteiger partial charge in [0.05, 0.1) is 5.69 Å². The van der Waals surface area contributed by atoms with Crippen molar-refractivity contribution >= 4 is 5.69 Å². The monoisotopic (exact) mass is 280 g/mol. The van der Waals surface area contributed by atoms with Crippen LogP contribution in [0.15, 0.2) is 18.2 Å². The van der Waals surface area contributed by atoms with Crippen molar-refractivity contribution in [1.29, 1.82) is 0 Å². The Labute approximate surface area is 120 Å². The Kier molecular flexibility index (Phi) is 5.80. The van der Waals surface area contributed by atoms with Gasteiger partial charge in [0, 0.05) is 26.2 Å². The highest BCUT2D eigenvalue weighted by molar-refractivity contribution is 5.55. The van der Waals surface area contributed by atoms with E-state index in [4.69, 9.17) is 0 Å². The average molecular weight is 280 g/mol. The lowest BCUT2D eigenvalue weighted by Gasteiger charge is -2.34. The smallest absolute Gasteiger partial charge is 0.146 e. The third kappa shape index (κ3) is 3.70. The fourth-order valence-electron chi connectivity index (χ4n) is 2.80. The number of para-hydroxylation sites is 1. The highest BCUT2D eigenvalue weighted by Gasteiger charge is 2.22. The Morgan fingerprint density at radius 3 is 2.75 bits per heavy atom. The lowest BCUT2D eigenvalue weighted by molar-refractivity contribution is 0.202. The first-order valence-electron chi connectivity index (χ1n) is 7.60. The van der Waals surface area contributed by atoms with Gasteiger partial charge in [-0.25, -0.2) is 4.39 Å². The molecule has 1 aromatic carbocycles.